The highest BCUT2D eigenvalue weighted by atomic mass is 16.3. The van der Waals surface area contributed by atoms with Crippen molar-refractivity contribution in [3.05, 3.63) is 42.1 Å². The fourth-order valence-corrected chi connectivity index (χ4v) is 3.25. The molecule has 3 rings (SSSR count). The normalized spacial score (nSPS) is 26.6. The van der Waals surface area contributed by atoms with Crippen LogP contribution in [0.15, 0.2) is 36.5 Å². The predicted molar refractivity (Wildman–Crippen MR) is 79.2 cm³/mol. The Labute approximate surface area is 119 Å². The molecule has 1 aromatic carbocycles. The van der Waals surface area contributed by atoms with Crippen molar-refractivity contribution in [3.8, 4) is 11.3 Å². The molecule has 0 bridgehead atoms. The molecule has 2 aromatic rings. The summed E-state index contributed by atoms with van der Waals surface area (Å²) in [5, 5.41) is 17.1. The molecular formula is C16H21N3O. The Morgan fingerprint density at radius 2 is 1.95 bits per heavy atom. The maximum Gasteiger partial charge on any atom is 0.0688 e. The molecule has 1 saturated carbocycles. The zero-order chi connectivity index (χ0) is 14.0. The van der Waals surface area contributed by atoms with E-state index in [4.69, 9.17) is 5.73 Å². The molecular weight excluding hydrogens is 250 g/mol. The van der Waals surface area contributed by atoms with Gasteiger partial charge in [0.2, 0.25) is 0 Å². The average Bonchev–Trinajstić information content (AvgIpc) is 2.99. The quantitative estimate of drug-likeness (QED) is 0.801. The third kappa shape index (κ3) is 2.25. The van der Waals surface area contributed by atoms with Crippen LogP contribution in [0.5, 0.6) is 0 Å². The van der Waals surface area contributed by atoms with Gasteiger partial charge in [-0.05, 0) is 31.2 Å². The number of aromatic amines is 1. The third-order valence-electron chi connectivity index (χ3n) is 4.58. The molecule has 4 nitrogen and oxygen atoms in total. The van der Waals surface area contributed by atoms with Crippen LogP contribution in [-0.2, 0) is 5.41 Å². The van der Waals surface area contributed by atoms with E-state index in [2.05, 4.69) is 22.3 Å². The van der Waals surface area contributed by atoms with Crippen molar-refractivity contribution in [2.24, 2.45) is 5.73 Å². The Bertz CT molecular complexity index is 556. The minimum atomic E-state index is -0.179. The summed E-state index contributed by atoms with van der Waals surface area (Å²) in [6.45, 7) is 0.596. The highest BCUT2D eigenvalue weighted by molar-refractivity contribution is 5.64. The molecule has 0 saturated heterocycles. The van der Waals surface area contributed by atoms with E-state index in [1.165, 1.54) is 5.56 Å². The molecule has 1 aliphatic carbocycles. The Kier molecular flexibility index (Phi) is 3.59. The molecule has 0 unspecified atom stereocenters. The Hall–Kier alpha value is -1.65. The molecule has 0 spiro atoms. The van der Waals surface area contributed by atoms with Crippen LogP contribution in [0.3, 0.4) is 0 Å². The summed E-state index contributed by atoms with van der Waals surface area (Å²) < 4.78 is 0. The van der Waals surface area contributed by atoms with Gasteiger partial charge in [0.25, 0.3) is 0 Å². The number of nitrogens with two attached hydrogens (primary N) is 1. The number of hydrogen-bond donors (Lipinski definition) is 3. The predicted octanol–water partition coefficient (Wildman–Crippen LogP) is 2.21. The number of aliphatic hydroxyl groups excluding tert-OH is 1. The van der Waals surface area contributed by atoms with Gasteiger partial charge in [-0.25, -0.2) is 0 Å². The zero-order valence-electron chi connectivity index (χ0n) is 11.5. The zero-order valence-corrected chi connectivity index (χ0v) is 11.5. The van der Waals surface area contributed by atoms with Crippen molar-refractivity contribution in [2.75, 3.05) is 6.54 Å². The Morgan fingerprint density at radius 1 is 1.25 bits per heavy atom. The van der Waals surface area contributed by atoms with Gasteiger partial charge >= 0.3 is 0 Å². The second kappa shape index (κ2) is 5.38. The first-order chi connectivity index (χ1) is 9.75. The molecule has 0 atom stereocenters. The maximum atomic E-state index is 9.76. The molecule has 0 radical (unpaired) electrons. The van der Waals surface area contributed by atoms with Crippen molar-refractivity contribution in [1.82, 2.24) is 10.2 Å². The first-order valence-corrected chi connectivity index (χ1v) is 7.22. The number of hydrogen-bond acceptors (Lipinski definition) is 3. The van der Waals surface area contributed by atoms with Gasteiger partial charge in [-0.2, -0.15) is 5.10 Å². The SMILES string of the molecule is NCC1(c2cn[nH]c2-c2ccccc2)CCC(O)CC1. The summed E-state index contributed by atoms with van der Waals surface area (Å²) in [6.07, 6.45) is 5.20. The molecule has 106 valence electrons. The smallest absolute Gasteiger partial charge is 0.0688 e. The van der Waals surface area contributed by atoms with Gasteiger partial charge in [0.05, 0.1) is 18.0 Å². The lowest BCUT2D eigenvalue weighted by Gasteiger charge is -2.38. The maximum absolute atomic E-state index is 9.76. The first-order valence-electron chi connectivity index (χ1n) is 7.22. The van der Waals surface area contributed by atoms with E-state index in [9.17, 15) is 5.11 Å². The van der Waals surface area contributed by atoms with Gasteiger partial charge < -0.3 is 10.8 Å². The summed E-state index contributed by atoms with van der Waals surface area (Å²) in [6, 6.07) is 10.2. The highest BCUT2D eigenvalue weighted by Gasteiger charge is 2.37. The highest BCUT2D eigenvalue weighted by Crippen LogP contribution is 2.42. The molecule has 1 aliphatic rings. The number of nitrogens with zero attached hydrogens (tertiary/aromatic N) is 1. The fraction of sp³-hybridized carbons (Fsp3) is 0.438. The van der Waals surface area contributed by atoms with Crippen LogP contribution in [0.1, 0.15) is 31.2 Å². The fourth-order valence-electron chi connectivity index (χ4n) is 3.25. The van der Waals surface area contributed by atoms with Crippen molar-refractivity contribution < 1.29 is 5.11 Å². The molecule has 4 N–H and O–H groups in total. The van der Waals surface area contributed by atoms with E-state index in [-0.39, 0.29) is 11.5 Å². The summed E-state index contributed by atoms with van der Waals surface area (Å²) in [5.74, 6) is 0. The Balaban J connectivity index is 2.00. The van der Waals surface area contributed by atoms with Gasteiger partial charge in [-0.3, -0.25) is 5.10 Å². The van der Waals surface area contributed by atoms with Gasteiger partial charge in [-0.1, -0.05) is 30.3 Å². The lowest BCUT2D eigenvalue weighted by atomic mass is 9.68. The summed E-state index contributed by atoms with van der Waals surface area (Å²) in [5.41, 5.74) is 9.43. The number of aliphatic hydroxyl groups is 1. The van der Waals surface area contributed by atoms with E-state index in [1.807, 2.05) is 24.4 Å². The lowest BCUT2D eigenvalue weighted by Crippen LogP contribution is -2.40. The van der Waals surface area contributed by atoms with Crippen molar-refractivity contribution in [3.63, 3.8) is 0 Å². The number of aromatic nitrogens is 2. The Morgan fingerprint density at radius 3 is 2.60 bits per heavy atom. The minimum Gasteiger partial charge on any atom is -0.393 e. The van der Waals surface area contributed by atoms with Crippen LogP contribution in [-0.4, -0.2) is 28.0 Å². The van der Waals surface area contributed by atoms with E-state index < -0.39 is 0 Å². The topological polar surface area (TPSA) is 74.9 Å². The standard InChI is InChI=1S/C16H21N3O/c17-11-16(8-6-13(20)7-9-16)14-10-18-19-15(14)12-4-2-1-3-5-12/h1-5,10,13,20H,6-9,11,17H2,(H,18,19). The van der Waals surface area contributed by atoms with E-state index in [0.717, 1.165) is 36.9 Å². The van der Waals surface area contributed by atoms with Crippen LogP contribution >= 0.6 is 0 Å². The van der Waals surface area contributed by atoms with E-state index in [1.54, 1.807) is 0 Å². The third-order valence-corrected chi connectivity index (χ3v) is 4.58. The molecule has 20 heavy (non-hydrogen) atoms. The van der Waals surface area contributed by atoms with Gasteiger partial charge in [0.1, 0.15) is 0 Å². The molecule has 1 aromatic heterocycles. The van der Waals surface area contributed by atoms with E-state index >= 15 is 0 Å². The number of rotatable bonds is 3. The molecule has 1 heterocycles. The monoisotopic (exact) mass is 271 g/mol. The second-order valence-electron chi connectivity index (χ2n) is 5.74. The first kappa shape index (κ1) is 13.3. The summed E-state index contributed by atoms with van der Waals surface area (Å²) in [7, 11) is 0. The van der Waals surface area contributed by atoms with Crippen molar-refractivity contribution >= 4 is 0 Å². The summed E-state index contributed by atoms with van der Waals surface area (Å²) >= 11 is 0. The van der Waals surface area contributed by atoms with Crippen LogP contribution in [0, 0.1) is 0 Å². The molecule has 0 amide bonds. The van der Waals surface area contributed by atoms with Crippen molar-refractivity contribution in [2.45, 2.75) is 37.2 Å². The van der Waals surface area contributed by atoms with Crippen LogP contribution in [0.25, 0.3) is 11.3 Å². The molecule has 0 aliphatic heterocycles. The second-order valence-corrected chi connectivity index (χ2v) is 5.74. The minimum absolute atomic E-state index is 0.0581. The van der Waals surface area contributed by atoms with Crippen LogP contribution in [0.2, 0.25) is 0 Å². The number of nitrogens with one attached hydrogen (secondary N) is 1. The van der Waals surface area contributed by atoms with Crippen LogP contribution < -0.4 is 5.73 Å². The van der Waals surface area contributed by atoms with Crippen LogP contribution in [0.4, 0.5) is 0 Å². The van der Waals surface area contributed by atoms with Gasteiger partial charge in [0, 0.05) is 17.5 Å². The number of benzene rings is 1. The largest absolute Gasteiger partial charge is 0.393 e. The summed E-state index contributed by atoms with van der Waals surface area (Å²) in [4.78, 5) is 0. The van der Waals surface area contributed by atoms with Gasteiger partial charge in [0.15, 0.2) is 0 Å². The average molecular weight is 271 g/mol. The van der Waals surface area contributed by atoms with Crippen molar-refractivity contribution in [1.29, 1.82) is 0 Å². The van der Waals surface area contributed by atoms with Gasteiger partial charge in [-0.15, -0.1) is 0 Å². The number of H-pyrrole nitrogens is 1. The van der Waals surface area contributed by atoms with E-state index in [0.29, 0.717) is 6.54 Å². The molecule has 1 fully saturated rings. The lowest BCUT2D eigenvalue weighted by molar-refractivity contribution is 0.0976. The molecule has 4 heteroatoms.